The summed E-state index contributed by atoms with van der Waals surface area (Å²) in [6.45, 7) is 9.53. The third kappa shape index (κ3) is 4.06. The van der Waals surface area contributed by atoms with Crippen molar-refractivity contribution < 1.29 is 14.3 Å². The number of nitrogens with zero attached hydrogens (tertiary/aromatic N) is 3. The van der Waals surface area contributed by atoms with Crippen LogP contribution < -0.4 is 0 Å². The van der Waals surface area contributed by atoms with Crippen LogP contribution in [-0.2, 0) is 17.7 Å². The maximum atomic E-state index is 13.0. The van der Waals surface area contributed by atoms with Crippen LogP contribution >= 0.6 is 11.3 Å². The van der Waals surface area contributed by atoms with Crippen molar-refractivity contribution >= 4 is 23.2 Å². The molecule has 3 heterocycles. The number of methoxy groups -OCH3 is 1. The van der Waals surface area contributed by atoms with E-state index in [2.05, 4.69) is 20.2 Å². The molecule has 0 aliphatic carbocycles. The normalized spacial score (nSPS) is 15.2. The summed E-state index contributed by atoms with van der Waals surface area (Å²) in [6, 6.07) is 0. The average molecular weight is 391 g/mol. The molecule has 0 unspecified atom stereocenters. The van der Waals surface area contributed by atoms with Gasteiger partial charge in [0.05, 0.1) is 23.4 Å². The van der Waals surface area contributed by atoms with Crippen molar-refractivity contribution in [2.24, 2.45) is 0 Å². The number of ether oxygens (including phenoxy) is 1. The molecule has 0 atom stereocenters. The van der Waals surface area contributed by atoms with E-state index in [1.807, 2.05) is 18.7 Å². The molecule has 0 saturated carbocycles. The zero-order valence-electron chi connectivity index (χ0n) is 16.3. The van der Waals surface area contributed by atoms with Crippen LogP contribution in [0.2, 0.25) is 0 Å². The standard InChI is InChI=1S/C19H26N4O3S/c1-5-15-16(19(25)26-4)12(2)17(21-15)18(24)23-8-6-22(7-9-23)10-14-11-27-13(3)20-14/h11,21H,5-10H2,1-4H3. The molecule has 0 aromatic carbocycles. The molecule has 1 aliphatic rings. The van der Waals surface area contributed by atoms with Gasteiger partial charge in [-0.25, -0.2) is 9.78 Å². The van der Waals surface area contributed by atoms with Gasteiger partial charge in [0.25, 0.3) is 5.91 Å². The lowest BCUT2D eigenvalue weighted by molar-refractivity contribution is 0.0599. The van der Waals surface area contributed by atoms with E-state index < -0.39 is 5.97 Å². The van der Waals surface area contributed by atoms with Crippen LogP contribution in [-0.4, -0.2) is 64.9 Å². The first-order valence-electron chi connectivity index (χ1n) is 9.17. The Morgan fingerprint density at radius 3 is 2.52 bits per heavy atom. The summed E-state index contributed by atoms with van der Waals surface area (Å²) in [5.41, 5.74) is 3.49. The molecule has 0 radical (unpaired) electrons. The fourth-order valence-corrected chi connectivity index (χ4v) is 4.10. The van der Waals surface area contributed by atoms with E-state index in [9.17, 15) is 9.59 Å². The minimum atomic E-state index is -0.400. The molecule has 0 spiro atoms. The number of rotatable bonds is 5. The number of aromatic nitrogens is 2. The third-order valence-corrected chi connectivity index (χ3v) is 5.82. The lowest BCUT2D eigenvalue weighted by atomic mass is 10.1. The molecule has 146 valence electrons. The molecule has 3 rings (SSSR count). The Morgan fingerprint density at radius 1 is 1.26 bits per heavy atom. The summed E-state index contributed by atoms with van der Waals surface area (Å²) < 4.78 is 4.87. The van der Waals surface area contributed by atoms with Crippen molar-refractivity contribution in [1.29, 1.82) is 0 Å². The van der Waals surface area contributed by atoms with Gasteiger partial charge in [0.15, 0.2) is 0 Å². The molecule has 1 fully saturated rings. The van der Waals surface area contributed by atoms with Gasteiger partial charge in [0.1, 0.15) is 5.69 Å². The molecular formula is C19H26N4O3S. The number of aromatic amines is 1. The lowest BCUT2D eigenvalue weighted by Gasteiger charge is -2.34. The average Bonchev–Trinajstić information content (AvgIpc) is 3.23. The Labute approximate surface area is 163 Å². The first-order chi connectivity index (χ1) is 12.9. The fraction of sp³-hybridized carbons (Fsp3) is 0.526. The van der Waals surface area contributed by atoms with E-state index in [-0.39, 0.29) is 5.91 Å². The Balaban J connectivity index is 1.67. The zero-order chi connectivity index (χ0) is 19.6. The van der Waals surface area contributed by atoms with Gasteiger partial charge < -0.3 is 14.6 Å². The smallest absolute Gasteiger partial charge is 0.339 e. The molecule has 2 aromatic heterocycles. The Bertz CT molecular complexity index is 834. The van der Waals surface area contributed by atoms with Gasteiger partial charge >= 0.3 is 5.97 Å². The van der Waals surface area contributed by atoms with Gasteiger partial charge in [0, 0.05) is 43.8 Å². The van der Waals surface area contributed by atoms with Crippen LogP contribution in [0.4, 0.5) is 0 Å². The van der Waals surface area contributed by atoms with Crippen molar-refractivity contribution in [2.45, 2.75) is 33.7 Å². The molecule has 7 nitrogen and oxygen atoms in total. The quantitative estimate of drug-likeness (QED) is 0.793. The van der Waals surface area contributed by atoms with Crippen LogP contribution in [0.5, 0.6) is 0 Å². The molecule has 27 heavy (non-hydrogen) atoms. The number of amides is 1. The molecule has 0 bridgehead atoms. The van der Waals surface area contributed by atoms with E-state index in [4.69, 9.17) is 4.74 Å². The second-order valence-electron chi connectivity index (χ2n) is 6.75. The van der Waals surface area contributed by atoms with Crippen molar-refractivity contribution in [3.05, 3.63) is 38.6 Å². The SMILES string of the molecule is CCc1[nH]c(C(=O)N2CCN(Cc3csc(C)n3)CC2)c(C)c1C(=O)OC. The van der Waals surface area contributed by atoms with Gasteiger partial charge in [-0.05, 0) is 25.8 Å². The maximum Gasteiger partial charge on any atom is 0.339 e. The summed E-state index contributed by atoms with van der Waals surface area (Å²) >= 11 is 1.66. The van der Waals surface area contributed by atoms with Gasteiger partial charge in [0.2, 0.25) is 0 Å². The van der Waals surface area contributed by atoms with Crippen molar-refractivity contribution in [2.75, 3.05) is 33.3 Å². The second-order valence-corrected chi connectivity index (χ2v) is 7.81. The second kappa shape index (κ2) is 8.22. The molecule has 1 saturated heterocycles. The van der Waals surface area contributed by atoms with E-state index >= 15 is 0 Å². The van der Waals surface area contributed by atoms with E-state index in [1.54, 1.807) is 18.3 Å². The van der Waals surface area contributed by atoms with E-state index in [1.165, 1.54) is 7.11 Å². The van der Waals surface area contributed by atoms with Crippen LogP contribution in [0.25, 0.3) is 0 Å². The summed E-state index contributed by atoms with van der Waals surface area (Å²) in [5, 5.41) is 3.17. The predicted octanol–water partition coefficient (Wildman–Crippen LogP) is 2.40. The first-order valence-corrected chi connectivity index (χ1v) is 10.0. The van der Waals surface area contributed by atoms with E-state index in [0.717, 1.165) is 36.0 Å². The Kier molecular flexibility index (Phi) is 5.96. The third-order valence-electron chi connectivity index (χ3n) is 5.00. The molecule has 8 heteroatoms. The highest BCUT2D eigenvalue weighted by Crippen LogP contribution is 2.22. The van der Waals surface area contributed by atoms with Crippen LogP contribution in [0.1, 0.15) is 49.7 Å². The van der Waals surface area contributed by atoms with Gasteiger partial charge in [-0.1, -0.05) is 6.92 Å². The van der Waals surface area contributed by atoms with Gasteiger partial charge in [-0.3, -0.25) is 9.69 Å². The van der Waals surface area contributed by atoms with Crippen molar-refractivity contribution in [3.63, 3.8) is 0 Å². The highest BCUT2D eigenvalue weighted by molar-refractivity contribution is 7.09. The topological polar surface area (TPSA) is 78.5 Å². The van der Waals surface area contributed by atoms with Crippen LogP contribution in [0.3, 0.4) is 0 Å². The fourth-order valence-electron chi connectivity index (χ4n) is 3.49. The number of carbonyl (C=O) groups excluding carboxylic acids is 2. The Hall–Kier alpha value is -2.19. The number of H-pyrrole nitrogens is 1. The van der Waals surface area contributed by atoms with Crippen LogP contribution in [0, 0.1) is 13.8 Å². The number of esters is 1. The number of thiazole rings is 1. The number of hydrogen-bond acceptors (Lipinski definition) is 6. The van der Waals surface area contributed by atoms with Crippen molar-refractivity contribution in [1.82, 2.24) is 19.8 Å². The molecule has 1 N–H and O–H groups in total. The Morgan fingerprint density at radius 2 is 1.96 bits per heavy atom. The summed E-state index contributed by atoms with van der Waals surface area (Å²) in [5.74, 6) is -0.454. The minimum absolute atomic E-state index is 0.0542. The summed E-state index contributed by atoms with van der Waals surface area (Å²) in [6.07, 6.45) is 0.638. The monoisotopic (exact) mass is 390 g/mol. The number of piperazine rings is 1. The maximum absolute atomic E-state index is 13.0. The largest absolute Gasteiger partial charge is 0.465 e. The predicted molar refractivity (Wildman–Crippen MR) is 104 cm³/mol. The van der Waals surface area contributed by atoms with Gasteiger partial charge in [-0.15, -0.1) is 11.3 Å². The number of aryl methyl sites for hydroxylation is 2. The summed E-state index contributed by atoms with van der Waals surface area (Å²) in [4.78, 5) is 36.9. The highest BCUT2D eigenvalue weighted by Gasteiger charge is 2.28. The van der Waals surface area contributed by atoms with E-state index in [0.29, 0.717) is 36.3 Å². The minimum Gasteiger partial charge on any atom is -0.465 e. The number of carbonyl (C=O) groups is 2. The van der Waals surface area contributed by atoms with Crippen LogP contribution in [0.15, 0.2) is 5.38 Å². The molecular weight excluding hydrogens is 364 g/mol. The lowest BCUT2D eigenvalue weighted by Crippen LogP contribution is -2.48. The molecule has 1 aliphatic heterocycles. The first kappa shape index (κ1) is 19.6. The number of hydrogen-bond donors (Lipinski definition) is 1. The molecule has 1 amide bonds. The van der Waals surface area contributed by atoms with Crippen molar-refractivity contribution in [3.8, 4) is 0 Å². The van der Waals surface area contributed by atoms with Gasteiger partial charge in [-0.2, -0.15) is 0 Å². The highest BCUT2D eigenvalue weighted by atomic mass is 32.1. The zero-order valence-corrected chi connectivity index (χ0v) is 17.1. The molecule has 2 aromatic rings. The number of nitrogens with one attached hydrogen (secondary N) is 1. The summed E-state index contributed by atoms with van der Waals surface area (Å²) in [7, 11) is 1.36.